The van der Waals surface area contributed by atoms with Crippen LogP contribution in [0, 0.1) is 17.8 Å². The number of fused-ring (bicyclic) bond motifs is 3. The average molecular weight is 506 g/mol. The number of phenolic OH excluding ortho intramolecular Hbond substituents is 1. The molecule has 1 saturated heterocycles. The Kier molecular flexibility index (Phi) is 6.09. The number of carbonyl (C=O) groups excluding carboxylic acids is 4. The fourth-order valence-corrected chi connectivity index (χ4v) is 6.28. The molecule has 0 saturated carbocycles. The second-order valence-electron chi connectivity index (χ2n) is 9.98. The third-order valence-corrected chi connectivity index (χ3v) is 7.97. The Hall–Kier alpha value is -4.01. The van der Waals surface area contributed by atoms with Crippen LogP contribution in [0.1, 0.15) is 44.1 Å². The smallest absolute Gasteiger partial charge is 0.303 e. The Morgan fingerprint density at radius 1 is 1.14 bits per heavy atom. The second-order valence-corrected chi connectivity index (χ2v) is 9.98. The molecule has 192 valence electrons. The highest BCUT2D eigenvalue weighted by Gasteiger charge is 2.56. The molecule has 1 aromatic carbocycles. The van der Waals surface area contributed by atoms with Crippen LogP contribution < -0.4 is 4.74 Å². The molecule has 0 bridgehead atoms. The van der Waals surface area contributed by atoms with E-state index in [1.54, 1.807) is 19.1 Å². The molecule has 9 heteroatoms. The van der Waals surface area contributed by atoms with Gasteiger partial charge in [0.2, 0.25) is 11.8 Å². The molecule has 1 aromatic rings. The molecule has 2 N–H and O–H groups in total. The first-order valence-corrected chi connectivity index (χ1v) is 12.3. The number of aliphatic carboxylic acids is 1. The van der Waals surface area contributed by atoms with Crippen LogP contribution in [0.2, 0.25) is 0 Å². The van der Waals surface area contributed by atoms with Crippen LogP contribution in [-0.4, -0.2) is 58.1 Å². The summed E-state index contributed by atoms with van der Waals surface area (Å²) in [5.74, 6) is -4.54. The number of benzene rings is 1. The third kappa shape index (κ3) is 3.89. The highest BCUT2D eigenvalue weighted by Crippen LogP contribution is 2.56. The van der Waals surface area contributed by atoms with Gasteiger partial charge in [0.1, 0.15) is 11.5 Å². The van der Waals surface area contributed by atoms with Crippen molar-refractivity contribution < 1.29 is 38.9 Å². The van der Waals surface area contributed by atoms with Gasteiger partial charge in [0.05, 0.1) is 18.9 Å². The summed E-state index contributed by atoms with van der Waals surface area (Å²) in [5.41, 5.74) is 2.03. The van der Waals surface area contributed by atoms with Gasteiger partial charge >= 0.3 is 5.97 Å². The van der Waals surface area contributed by atoms with Gasteiger partial charge in [-0.1, -0.05) is 11.6 Å². The first kappa shape index (κ1) is 24.7. The molecule has 5 rings (SSSR count). The Bertz CT molecular complexity index is 1350. The van der Waals surface area contributed by atoms with Crippen molar-refractivity contribution in [1.29, 1.82) is 0 Å². The molecule has 9 nitrogen and oxygen atoms in total. The first-order chi connectivity index (χ1) is 17.6. The number of Topliss-reactive ketones (excluding diaryl/α,β-unsaturated/α-hetero) is 1. The lowest BCUT2D eigenvalue weighted by atomic mass is 9.59. The van der Waals surface area contributed by atoms with Gasteiger partial charge in [0, 0.05) is 41.2 Å². The largest absolute Gasteiger partial charge is 0.508 e. The highest BCUT2D eigenvalue weighted by molar-refractivity contribution is 6.24. The number of ether oxygens (including phenoxy) is 1. The number of hydrogen-bond acceptors (Lipinski definition) is 7. The Labute approximate surface area is 213 Å². The zero-order valence-corrected chi connectivity index (χ0v) is 20.5. The molecule has 2 amide bonds. The molecule has 0 spiro atoms. The summed E-state index contributed by atoms with van der Waals surface area (Å²) < 4.78 is 5.35. The first-order valence-electron chi connectivity index (χ1n) is 12.3. The summed E-state index contributed by atoms with van der Waals surface area (Å²) in [6.07, 6.45) is 3.59. The minimum absolute atomic E-state index is 0.0203. The maximum absolute atomic E-state index is 13.5. The van der Waals surface area contributed by atoms with Gasteiger partial charge in [-0.25, -0.2) is 0 Å². The molecular weight excluding hydrogens is 478 g/mol. The number of carbonyl (C=O) groups is 5. The SMILES string of the molecule is COc1ccc(O)c(C2C3=CCC4C(=O)N(CCCC(=O)O)C(=O)C4C3CC3=C2C(=O)C(C)=CC3=O)c1. The molecule has 4 unspecified atom stereocenters. The molecule has 3 aliphatic carbocycles. The maximum atomic E-state index is 13.5. The summed E-state index contributed by atoms with van der Waals surface area (Å²) in [6.45, 7) is 1.60. The van der Waals surface area contributed by atoms with Crippen LogP contribution >= 0.6 is 0 Å². The standard InChI is InChI=1S/C28H27NO8/c1-13-10-21(31)19-12-17-15(23(25(19)26(13)34)18-11-14(37-2)5-8-20(18)30)6-7-16-24(17)28(36)29(27(16)35)9-3-4-22(32)33/h5-6,8,10-11,16-17,23-24,30H,3-4,7,9,12H2,1-2H3,(H,32,33). The van der Waals surface area contributed by atoms with Crippen LogP contribution in [0.3, 0.4) is 0 Å². The lowest BCUT2D eigenvalue weighted by Crippen LogP contribution is -2.40. The molecule has 1 fully saturated rings. The third-order valence-electron chi connectivity index (χ3n) is 7.97. The van der Waals surface area contributed by atoms with Crippen molar-refractivity contribution in [2.75, 3.05) is 13.7 Å². The molecule has 0 radical (unpaired) electrons. The Balaban J connectivity index is 1.61. The number of carboxylic acids is 1. The lowest BCUT2D eigenvalue weighted by Gasteiger charge is -2.42. The summed E-state index contributed by atoms with van der Waals surface area (Å²) in [4.78, 5) is 65.3. The van der Waals surface area contributed by atoms with Crippen molar-refractivity contribution in [1.82, 2.24) is 4.90 Å². The van der Waals surface area contributed by atoms with E-state index in [2.05, 4.69) is 0 Å². The number of nitrogens with zero attached hydrogens (tertiary/aromatic N) is 1. The van der Waals surface area contributed by atoms with Crippen LogP contribution in [-0.2, 0) is 24.0 Å². The minimum Gasteiger partial charge on any atom is -0.508 e. The second kappa shape index (κ2) is 9.14. The predicted octanol–water partition coefficient (Wildman–Crippen LogP) is 2.70. The summed E-state index contributed by atoms with van der Waals surface area (Å²) in [5, 5.41) is 19.8. The molecule has 0 aromatic heterocycles. The summed E-state index contributed by atoms with van der Waals surface area (Å²) in [6, 6.07) is 4.69. The number of rotatable bonds is 6. The molecule has 37 heavy (non-hydrogen) atoms. The van der Waals surface area contributed by atoms with E-state index in [9.17, 15) is 29.1 Å². The van der Waals surface area contributed by atoms with Crippen molar-refractivity contribution in [2.45, 2.75) is 38.5 Å². The average Bonchev–Trinajstić information content (AvgIpc) is 3.11. The summed E-state index contributed by atoms with van der Waals surface area (Å²) in [7, 11) is 1.49. The van der Waals surface area contributed by atoms with E-state index < -0.39 is 29.6 Å². The molecule has 1 aliphatic heterocycles. The van der Waals surface area contributed by atoms with Crippen molar-refractivity contribution in [3.63, 3.8) is 0 Å². The Morgan fingerprint density at radius 2 is 1.89 bits per heavy atom. The number of phenols is 1. The minimum atomic E-state index is -1.00. The number of allylic oxidation sites excluding steroid dienone is 6. The number of likely N-dealkylation sites (tertiary alicyclic amines) is 1. The number of ketones is 2. The van der Waals surface area contributed by atoms with E-state index in [0.29, 0.717) is 28.0 Å². The Morgan fingerprint density at radius 3 is 2.59 bits per heavy atom. The van der Waals surface area contributed by atoms with Gasteiger partial charge < -0.3 is 14.9 Å². The van der Waals surface area contributed by atoms with Crippen molar-refractivity contribution in [3.8, 4) is 11.5 Å². The maximum Gasteiger partial charge on any atom is 0.303 e. The number of methoxy groups -OCH3 is 1. The van der Waals surface area contributed by atoms with Gasteiger partial charge in [-0.15, -0.1) is 0 Å². The molecule has 1 heterocycles. The number of amides is 2. The monoisotopic (exact) mass is 505 g/mol. The summed E-state index contributed by atoms with van der Waals surface area (Å²) >= 11 is 0. The van der Waals surface area contributed by atoms with E-state index in [1.807, 2.05) is 6.08 Å². The van der Waals surface area contributed by atoms with E-state index in [4.69, 9.17) is 9.84 Å². The predicted molar refractivity (Wildman–Crippen MR) is 130 cm³/mol. The van der Waals surface area contributed by atoms with Crippen LogP contribution in [0.4, 0.5) is 0 Å². The number of aromatic hydroxyl groups is 1. The quantitative estimate of drug-likeness (QED) is 0.342. The zero-order chi connectivity index (χ0) is 26.6. The zero-order valence-electron chi connectivity index (χ0n) is 20.5. The molecular formula is C28H27NO8. The van der Waals surface area contributed by atoms with Crippen molar-refractivity contribution >= 4 is 29.4 Å². The number of carboxylic acid groups (broad SMARTS) is 1. The van der Waals surface area contributed by atoms with E-state index in [-0.39, 0.29) is 61.4 Å². The number of imide groups is 1. The van der Waals surface area contributed by atoms with Gasteiger partial charge in [-0.3, -0.25) is 28.9 Å². The molecule has 4 aliphatic rings. The topological polar surface area (TPSA) is 138 Å². The van der Waals surface area contributed by atoms with Crippen LogP contribution in [0.25, 0.3) is 0 Å². The lowest BCUT2D eigenvalue weighted by molar-refractivity contribution is -0.142. The van der Waals surface area contributed by atoms with E-state index in [1.165, 1.54) is 19.3 Å². The fourth-order valence-electron chi connectivity index (χ4n) is 6.28. The van der Waals surface area contributed by atoms with Gasteiger partial charge in [0.15, 0.2) is 11.6 Å². The molecule has 4 atom stereocenters. The van der Waals surface area contributed by atoms with Crippen molar-refractivity contribution in [3.05, 3.63) is 58.2 Å². The van der Waals surface area contributed by atoms with E-state index in [0.717, 1.165) is 10.5 Å². The van der Waals surface area contributed by atoms with Gasteiger partial charge in [0.25, 0.3) is 0 Å². The highest BCUT2D eigenvalue weighted by atomic mass is 16.5. The van der Waals surface area contributed by atoms with Crippen LogP contribution in [0.5, 0.6) is 11.5 Å². The number of hydrogen-bond donors (Lipinski definition) is 2. The van der Waals surface area contributed by atoms with Crippen molar-refractivity contribution in [2.24, 2.45) is 17.8 Å². The van der Waals surface area contributed by atoms with Gasteiger partial charge in [-0.05, 0) is 56.4 Å². The van der Waals surface area contributed by atoms with Crippen LogP contribution in [0.15, 0.2) is 52.6 Å². The fraction of sp³-hybridized carbons (Fsp3) is 0.393. The normalized spacial score (nSPS) is 26.9. The van der Waals surface area contributed by atoms with E-state index >= 15 is 0 Å². The van der Waals surface area contributed by atoms with Gasteiger partial charge in [-0.2, -0.15) is 0 Å².